The lowest BCUT2D eigenvalue weighted by Gasteiger charge is -2.30. The van der Waals surface area contributed by atoms with Gasteiger partial charge in [-0.3, -0.25) is 0 Å². The third-order valence-electron chi connectivity index (χ3n) is 2.35. The first-order valence-corrected chi connectivity index (χ1v) is 6.11. The molecule has 0 amide bonds. The Balaban J connectivity index is 0.000000176. The zero-order valence-electron chi connectivity index (χ0n) is 9.47. The average Bonchev–Trinajstić information content (AvgIpc) is 2.08. The second-order valence-electron chi connectivity index (χ2n) is 4.89. The van der Waals surface area contributed by atoms with Gasteiger partial charge in [0.2, 0.25) is 3.79 Å². The largest absolute Gasteiger partial charge is 0.388 e. The zero-order valence-corrected chi connectivity index (χ0v) is 11.7. The molecule has 0 aromatic carbocycles. The quantitative estimate of drug-likeness (QED) is 0.708. The molecule has 1 N–H and O–H groups in total. The molecule has 2 aliphatic rings. The SMILES string of the molecule is CC(C)(C)C(O)C(Cl)(Cl)Cl.c1cc2ccc1-2. The van der Waals surface area contributed by atoms with Crippen LogP contribution in [0.15, 0.2) is 24.3 Å². The summed E-state index contributed by atoms with van der Waals surface area (Å²) in [5.41, 5.74) is 2.45. The second kappa shape index (κ2) is 4.73. The van der Waals surface area contributed by atoms with Gasteiger partial charge in [0.1, 0.15) is 6.10 Å². The molecule has 0 saturated carbocycles. The van der Waals surface area contributed by atoms with E-state index in [-0.39, 0.29) is 0 Å². The molecule has 0 saturated heterocycles. The van der Waals surface area contributed by atoms with Crippen molar-refractivity contribution in [2.24, 2.45) is 5.41 Å². The van der Waals surface area contributed by atoms with Crippen LogP contribution in [0.5, 0.6) is 0 Å². The van der Waals surface area contributed by atoms with Crippen molar-refractivity contribution in [3.05, 3.63) is 24.3 Å². The first-order chi connectivity index (χ1) is 7.12. The summed E-state index contributed by atoms with van der Waals surface area (Å²) in [5, 5.41) is 9.33. The zero-order chi connectivity index (χ0) is 12.6. The molecule has 0 aliphatic heterocycles. The molecule has 16 heavy (non-hydrogen) atoms. The third kappa shape index (κ3) is 3.53. The summed E-state index contributed by atoms with van der Waals surface area (Å²) < 4.78 is -1.59. The topological polar surface area (TPSA) is 20.2 Å². The lowest BCUT2D eigenvalue weighted by atomic mass is 9.90. The van der Waals surface area contributed by atoms with E-state index in [0.29, 0.717) is 0 Å². The number of aliphatic hydroxyl groups is 1. The van der Waals surface area contributed by atoms with E-state index in [1.807, 2.05) is 0 Å². The van der Waals surface area contributed by atoms with Gasteiger partial charge in [-0.15, -0.1) is 0 Å². The highest BCUT2D eigenvalue weighted by molar-refractivity contribution is 6.68. The van der Waals surface area contributed by atoms with Gasteiger partial charge in [-0.1, -0.05) is 79.8 Å². The molecule has 1 atom stereocenters. The fraction of sp³-hybridized carbons (Fsp3) is 0.500. The normalized spacial score (nSPS) is 14.9. The van der Waals surface area contributed by atoms with Gasteiger partial charge in [0.15, 0.2) is 0 Å². The number of benzene rings is 1. The molecule has 0 spiro atoms. The van der Waals surface area contributed by atoms with E-state index in [1.54, 1.807) is 20.8 Å². The predicted octanol–water partition coefficient (Wildman–Crippen LogP) is 4.43. The molecule has 2 rings (SSSR count). The summed E-state index contributed by atoms with van der Waals surface area (Å²) >= 11 is 16.3. The van der Waals surface area contributed by atoms with E-state index >= 15 is 0 Å². The number of rotatable bonds is 0. The summed E-state index contributed by atoms with van der Waals surface area (Å²) in [4.78, 5) is 0. The predicted molar refractivity (Wildman–Crippen MR) is 71.2 cm³/mol. The molecule has 0 fully saturated rings. The number of alkyl halides is 3. The van der Waals surface area contributed by atoms with Crippen LogP contribution in [0, 0.1) is 5.41 Å². The van der Waals surface area contributed by atoms with E-state index in [4.69, 9.17) is 34.8 Å². The summed E-state index contributed by atoms with van der Waals surface area (Å²) in [6.07, 6.45) is -0.940. The van der Waals surface area contributed by atoms with Gasteiger partial charge in [0.05, 0.1) is 0 Å². The maximum atomic E-state index is 9.33. The van der Waals surface area contributed by atoms with Gasteiger partial charge in [0, 0.05) is 0 Å². The molecule has 1 nitrogen and oxygen atoms in total. The Labute approximate surface area is 111 Å². The third-order valence-corrected chi connectivity index (χ3v) is 2.97. The Kier molecular flexibility index (Phi) is 4.18. The Morgan fingerprint density at radius 1 is 0.938 bits per heavy atom. The minimum absolute atomic E-state index is 0.398. The lowest BCUT2D eigenvalue weighted by Crippen LogP contribution is -2.37. The highest BCUT2D eigenvalue weighted by Gasteiger charge is 2.39. The number of fused-ring (bicyclic) bond motifs is 1. The average molecular weight is 282 g/mol. The van der Waals surface area contributed by atoms with Crippen molar-refractivity contribution in [1.29, 1.82) is 0 Å². The molecule has 4 heteroatoms. The first kappa shape index (κ1) is 14.1. The maximum absolute atomic E-state index is 9.33. The summed E-state index contributed by atoms with van der Waals surface area (Å²) in [7, 11) is 0. The molecule has 0 heterocycles. The number of halogens is 3. The first-order valence-electron chi connectivity index (χ1n) is 4.97. The standard InChI is InChI=1S/C6H11Cl3O.C6H4/c1-5(2,3)4(10)6(7,8)9;1-2-6-4-3-5(1)6/h4,10H,1-3H3;1-4H. The van der Waals surface area contributed by atoms with Crippen molar-refractivity contribution < 1.29 is 5.11 Å². The van der Waals surface area contributed by atoms with Crippen LogP contribution >= 0.6 is 34.8 Å². The van der Waals surface area contributed by atoms with Gasteiger partial charge in [-0.05, 0) is 16.5 Å². The van der Waals surface area contributed by atoms with E-state index in [9.17, 15) is 5.11 Å². The fourth-order valence-corrected chi connectivity index (χ4v) is 2.14. The van der Waals surface area contributed by atoms with Crippen LogP contribution in [0.3, 0.4) is 0 Å². The molecule has 0 radical (unpaired) electrons. The maximum Gasteiger partial charge on any atom is 0.216 e. The second-order valence-corrected chi connectivity index (χ2v) is 7.26. The van der Waals surface area contributed by atoms with Gasteiger partial charge >= 0.3 is 0 Å². The van der Waals surface area contributed by atoms with Crippen LogP contribution in [0.1, 0.15) is 20.8 Å². The van der Waals surface area contributed by atoms with Crippen LogP contribution in [-0.2, 0) is 0 Å². The van der Waals surface area contributed by atoms with Crippen LogP contribution in [0.4, 0.5) is 0 Å². The van der Waals surface area contributed by atoms with Gasteiger partial charge in [-0.2, -0.15) is 0 Å². The molecule has 90 valence electrons. The number of aliphatic hydroxyl groups excluding tert-OH is 1. The Morgan fingerprint density at radius 3 is 1.25 bits per heavy atom. The van der Waals surface area contributed by atoms with Crippen molar-refractivity contribution in [3.8, 4) is 11.1 Å². The van der Waals surface area contributed by atoms with Gasteiger partial charge in [0.25, 0.3) is 0 Å². The van der Waals surface area contributed by atoms with E-state index in [1.165, 1.54) is 11.1 Å². The van der Waals surface area contributed by atoms with Crippen molar-refractivity contribution >= 4 is 34.8 Å². The summed E-state index contributed by atoms with van der Waals surface area (Å²) in [6.45, 7) is 5.42. The fourth-order valence-electron chi connectivity index (χ4n) is 1.15. The number of hydrogen-bond donors (Lipinski definition) is 1. The van der Waals surface area contributed by atoms with Gasteiger partial charge < -0.3 is 5.11 Å². The molecular formula is C12H15Cl3O. The Bertz CT molecular complexity index is 311. The van der Waals surface area contributed by atoms with Crippen molar-refractivity contribution in [1.82, 2.24) is 0 Å². The van der Waals surface area contributed by atoms with Crippen LogP contribution in [0.25, 0.3) is 11.1 Å². The van der Waals surface area contributed by atoms with Crippen LogP contribution < -0.4 is 0 Å². The monoisotopic (exact) mass is 280 g/mol. The van der Waals surface area contributed by atoms with Crippen LogP contribution in [0.2, 0.25) is 0 Å². The van der Waals surface area contributed by atoms with Crippen molar-refractivity contribution in [2.75, 3.05) is 0 Å². The number of hydrogen-bond acceptors (Lipinski definition) is 1. The molecule has 1 unspecified atom stereocenters. The van der Waals surface area contributed by atoms with Crippen molar-refractivity contribution in [2.45, 2.75) is 30.7 Å². The van der Waals surface area contributed by atoms with E-state index in [0.717, 1.165) is 0 Å². The molecule has 0 aromatic rings. The van der Waals surface area contributed by atoms with Crippen molar-refractivity contribution in [3.63, 3.8) is 0 Å². The summed E-state index contributed by atoms with van der Waals surface area (Å²) in [5.74, 6) is 0. The lowest BCUT2D eigenvalue weighted by molar-refractivity contribution is 0.0666. The van der Waals surface area contributed by atoms with E-state index in [2.05, 4.69) is 24.3 Å². The highest BCUT2D eigenvalue weighted by Crippen LogP contribution is 2.38. The molecule has 0 bridgehead atoms. The minimum Gasteiger partial charge on any atom is -0.388 e. The van der Waals surface area contributed by atoms with Gasteiger partial charge in [-0.25, -0.2) is 0 Å². The highest BCUT2D eigenvalue weighted by atomic mass is 35.6. The molecule has 2 aliphatic carbocycles. The summed E-state index contributed by atoms with van der Waals surface area (Å²) in [6, 6.07) is 8.48. The Hall–Kier alpha value is 0.0500. The molecule has 0 aromatic heterocycles. The molecular weight excluding hydrogens is 266 g/mol. The Morgan fingerprint density at radius 2 is 1.25 bits per heavy atom. The van der Waals surface area contributed by atoms with Crippen LogP contribution in [-0.4, -0.2) is 15.0 Å². The smallest absolute Gasteiger partial charge is 0.216 e. The van der Waals surface area contributed by atoms with E-state index < -0.39 is 15.3 Å². The minimum atomic E-state index is -1.59.